The van der Waals surface area contributed by atoms with E-state index in [9.17, 15) is 5.26 Å². The molecule has 0 spiro atoms. The first-order chi connectivity index (χ1) is 11.4. The highest BCUT2D eigenvalue weighted by Crippen LogP contribution is 2.29. The molecule has 122 valence electrons. The summed E-state index contributed by atoms with van der Waals surface area (Å²) in [5.41, 5.74) is 8.23. The van der Waals surface area contributed by atoms with Crippen molar-refractivity contribution in [3.8, 4) is 17.5 Å². The summed E-state index contributed by atoms with van der Waals surface area (Å²) < 4.78 is 2.19. The largest absolute Gasteiger partial charge is 0.323 e. The van der Waals surface area contributed by atoms with E-state index in [1.165, 1.54) is 22.3 Å². The number of rotatable bonds is 3. The van der Waals surface area contributed by atoms with Crippen molar-refractivity contribution in [1.82, 2.24) is 9.55 Å². The summed E-state index contributed by atoms with van der Waals surface area (Å²) in [4.78, 5) is 4.90. The Bertz CT molecular complexity index is 957. The van der Waals surface area contributed by atoms with Gasteiger partial charge in [-0.3, -0.25) is 0 Å². The molecule has 3 aromatic rings. The lowest BCUT2D eigenvalue weighted by Crippen LogP contribution is -2.07. The van der Waals surface area contributed by atoms with Gasteiger partial charge in [0.15, 0.2) is 0 Å². The minimum Gasteiger partial charge on any atom is -0.323 e. The monoisotopic (exact) mass is 317 g/mol. The minimum absolute atomic E-state index is 0.0608. The van der Waals surface area contributed by atoms with Gasteiger partial charge in [0.25, 0.3) is 0 Å². The molecule has 0 saturated carbocycles. The number of nitrogens with zero attached hydrogens (tertiary/aromatic N) is 3. The Kier molecular flexibility index (Phi) is 4.15. The Balaban J connectivity index is 2.27. The maximum absolute atomic E-state index is 9.26. The van der Waals surface area contributed by atoms with Crippen molar-refractivity contribution in [2.45, 2.75) is 41.2 Å². The summed E-state index contributed by atoms with van der Waals surface area (Å²) in [6.45, 7) is 11.1. The quantitative estimate of drug-likeness (QED) is 0.674. The molecule has 3 rings (SSSR count). The second-order valence-corrected chi connectivity index (χ2v) is 6.80. The van der Waals surface area contributed by atoms with Gasteiger partial charge < -0.3 is 4.57 Å². The van der Waals surface area contributed by atoms with Crippen LogP contribution in [0.4, 0.5) is 0 Å². The Hall–Kier alpha value is -2.60. The SMILES string of the molecule is Cc1ccc(-c2nc3cc(C)c(C)cc3n2CC(C)C#N)cc1C. The Morgan fingerprint density at radius 1 is 1.00 bits per heavy atom. The summed E-state index contributed by atoms with van der Waals surface area (Å²) in [6, 6.07) is 13.1. The van der Waals surface area contributed by atoms with Crippen molar-refractivity contribution in [3.05, 3.63) is 52.6 Å². The minimum atomic E-state index is -0.0608. The lowest BCUT2D eigenvalue weighted by molar-refractivity contribution is 0.597. The maximum Gasteiger partial charge on any atom is 0.141 e. The molecule has 3 heteroatoms. The van der Waals surface area contributed by atoms with Gasteiger partial charge in [0.05, 0.1) is 23.0 Å². The van der Waals surface area contributed by atoms with Crippen LogP contribution in [-0.4, -0.2) is 9.55 Å². The van der Waals surface area contributed by atoms with Crippen LogP contribution in [0.2, 0.25) is 0 Å². The zero-order valence-electron chi connectivity index (χ0n) is 15.0. The van der Waals surface area contributed by atoms with Gasteiger partial charge in [-0.1, -0.05) is 12.1 Å². The first kappa shape index (κ1) is 16.3. The molecule has 0 amide bonds. The third kappa shape index (κ3) is 2.80. The molecule has 0 saturated heterocycles. The van der Waals surface area contributed by atoms with E-state index in [0.717, 1.165) is 22.4 Å². The van der Waals surface area contributed by atoms with Gasteiger partial charge in [-0.2, -0.15) is 5.26 Å². The fraction of sp³-hybridized carbons (Fsp3) is 0.333. The highest BCUT2D eigenvalue weighted by atomic mass is 15.1. The van der Waals surface area contributed by atoms with Crippen LogP contribution >= 0.6 is 0 Å². The third-order valence-electron chi connectivity index (χ3n) is 4.81. The van der Waals surface area contributed by atoms with Crippen LogP contribution in [0, 0.1) is 44.9 Å². The lowest BCUT2D eigenvalue weighted by Gasteiger charge is -2.12. The molecule has 1 aromatic heterocycles. The van der Waals surface area contributed by atoms with Crippen molar-refractivity contribution >= 4 is 11.0 Å². The molecule has 1 unspecified atom stereocenters. The van der Waals surface area contributed by atoms with Gasteiger partial charge in [0.2, 0.25) is 0 Å². The van der Waals surface area contributed by atoms with Gasteiger partial charge in [0, 0.05) is 12.1 Å². The Morgan fingerprint density at radius 3 is 2.33 bits per heavy atom. The maximum atomic E-state index is 9.26. The van der Waals surface area contributed by atoms with Gasteiger partial charge >= 0.3 is 0 Å². The standard InChI is InChI=1S/C21H23N3/c1-13(11-22)12-24-20-10-17(5)16(4)9-19(20)23-21(24)18-7-6-14(2)15(3)8-18/h6-10,13H,12H2,1-5H3. The van der Waals surface area contributed by atoms with Crippen molar-refractivity contribution in [2.24, 2.45) is 5.92 Å². The molecule has 2 aromatic carbocycles. The average Bonchev–Trinajstić information content (AvgIpc) is 2.88. The van der Waals surface area contributed by atoms with E-state index in [0.29, 0.717) is 6.54 Å². The number of nitriles is 1. The second-order valence-electron chi connectivity index (χ2n) is 6.80. The Labute approximate surface area is 143 Å². The van der Waals surface area contributed by atoms with Crippen LogP contribution in [0.25, 0.3) is 22.4 Å². The van der Waals surface area contributed by atoms with Crippen molar-refractivity contribution in [2.75, 3.05) is 0 Å². The van der Waals surface area contributed by atoms with Crippen LogP contribution < -0.4 is 0 Å². The molecular formula is C21H23N3. The number of hydrogen-bond acceptors (Lipinski definition) is 2. The molecule has 1 heterocycles. The third-order valence-corrected chi connectivity index (χ3v) is 4.81. The fourth-order valence-corrected chi connectivity index (χ4v) is 2.98. The van der Waals surface area contributed by atoms with Crippen LogP contribution in [0.15, 0.2) is 30.3 Å². The number of hydrogen-bond donors (Lipinski definition) is 0. The van der Waals surface area contributed by atoms with Crippen molar-refractivity contribution in [3.63, 3.8) is 0 Å². The molecule has 0 bridgehead atoms. The number of fused-ring (bicyclic) bond motifs is 1. The first-order valence-corrected chi connectivity index (χ1v) is 8.35. The van der Waals surface area contributed by atoms with Crippen molar-refractivity contribution < 1.29 is 0 Å². The highest BCUT2D eigenvalue weighted by molar-refractivity contribution is 5.82. The summed E-state index contributed by atoms with van der Waals surface area (Å²) >= 11 is 0. The second kappa shape index (κ2) is 6.13. The van der Waals surface area contributed by atoms with Gasteiger partial charge in [-0.25, -0.2) is 4.98 Å². The van der Waals surface area contributed by atoms with Crippen LogP contribution in [0.3, 0.4) is 0 Å². The predicted molar refractivity (Wildman–Crippen MR) is 98.9 cm³/mol. The van der Waals surface area contributed by atoms with Crippen molar-refractivity contribution in [1.29, 1.82) is 5.26 Å². The molecule has 0 aliphatic heterocycles. The van der Waals surface area contributed by atoms with E-state index < -0.39 is 0 Å². The summed E-state index contributed by atoms with van der Waals surface area (Å²) in [5, 5.41) is 9.26. The summed E-state index contributed by atoms with van der Waals surface area (Å²) in [5.74, 6) is 0.884. The molecular weight excluding hydrogens is 294 g/mol. The van der Waals surface area contributed by atoms with E-state index in [4.69, 9.17) is 4.98 Å². The molecule has 24 heavy (non-hydrogen) atoms. The average molecular weight is 317 g/mol. The summed E-state index contributed by atoms with van der Waals surface area (Å²) in [7, 11) is 0. The molecule has 0 N–H and O–H groups in total. The summed E-state index contributed by atoms with van der Waals surface area (Å²) in [6.07, 6.45) is 0. The molecule has 3 nitrogen and oxygen atoms in total. The van der Waals surface area contributed by atoms with Crippen LogP contribution in [0.1, 0.15) is 29.2 Å². The van der Waals surface area contributed by atoms with E-state index in [2.05, 4.69) is 68.7 Å². The zero-order valence-corrected chi connectivity index (χ0v) is 15.0. The molecule has 0 aliphatic carbocycles. The van der Waals surface area contributed by atoms with Crippen LogP contribution in [-0.2, 0) is 6.54 Å². The number of aromatic nitrogens is 2. The van der Waals surface area contributed by atoms with Gasteiger partial charge in [0.1, 0.15) is 5.82 Å². The smallest absolute Gasteiger partial charge is 0.141 e. The fourth-order valence-electron chi connectivity index (χ4n) is 2.98. The van der Waals surface area contributed by atoms with E-state index in [-0.39, 0.29) is 5.92 Å². The number of benzene rings is 2. The zero-order chi connectivity index (χ0) is 17.4. The van der Waals surface area contributed by atoms with E-state index in [1.807, 2.05) is 6.92 Å². The lowest BCUT2D eigenvalue weighted by atomic mass is 10.1. The van der Waals surface area contributed by atoms with Gasteiger partial charge in [-0.15, -0.1) is 0 Å². The molecule has 1 atom stereocenters. The first-order valence-electron chi connectivity index (χ1n) is 8.35. The van der Waals surface area contributed by atoms with Crippen LogP contribution in [0.5, 0.6) is 0 Å². The normalized spacial score (nSPS) is 12.3. The molecule has 0 fully saturated rings. The van der Waals surface area contributed by atoms with Gasteiger partial charge in [-0.05, 0) is 75.1 Å². The Morgan fingerprint density at radius 2 is 1.67 bits per heavy atom. The predicted octanol–water partition coefficient (Wildman–Crippen LogP) is 5.10. The number of aryl methyl sites for hydroxylation is 4. The number of imidazole rings is 1. The topological polar surface area (TPSA) is 41.6 Å². The molecule has 0 aliphatic rings. The molecule has 0 radical (unpaired) electrons. The van der Waals surface area contributed by atoms with E-state index in [1.54, 1.807) is 0 Å². The van der Waals surface area contributed by atoms with E-state index >= 15 is 0 Å². The highest BCUT2D eigenvalue weighted by Gasteiger charge is 2.16.